The number of rotatable bonds is 4. The van der Waals surface area contributed by atoms with Gasteiger partial charge in [-0.25, -0.2) is 8.42 Å². The largest absolute Gasteiger partial charge is 0.269 e. The number of anilines is 1. The average Bonchev–Trinajstić information content (AvgIpc) is 2.49. The van der Waals surface area contributed by atoms with E-state index in [1.54, 1.807) is 54.2 Å². The first-order valence-electron chi connectivity index (χ1n) is 5.94. The molecule has 2 aromatic rings. The van der Waals surface area contributed by atoms with Crippen molar-refractivity contribution in [2.24, 2.45) is 0 Å². The van der Waals surface area contributed by atoms with Crippen molar-refractivity contribution in [3.63, 3.8) is 0 Å². The summed E-state index contributed by atoms with van der Waals surface area (Å²) in [5.74, 6) is 0. The molecule has 0 heterocycles. The van der Waals surface area contributed by atoms with E-state index >= 15 is 0 Å². The van der Waals surface area contributed by atoms with Crippen molar-refractivity contribution in [2.45, 2.75) is 9.79 Å². The second kappa shape index (κ2) is 6.60. The second-order valence-electron chi connectivity index (χ2n) is 4.25. The van der Waals surface area contributed by atoms with E-state index < -0.39 is 10.0 Å². The van der Waals surface area contributed by atoms with Crippen molar-refractivity contribution < 1.29 is 8.42 Å². The van der Waals surface area contributed by atoms with Crippen LogP contribution in [-0.2, 0) is 10.0 Å². The van der Waals surface area contributed by atoms with Crippen molar-refractivity contribution >= 4 is 55.0 Å². The highest BCUT2D eigenvalue weighted by molar-refractivity contribution is 9.10. The average molecular weight is 407 g/mol. The number of halogens is 2. The van der Waals surface area contributed by atoms with Crippen LogP contribution in [0.2, 0.25) is 5.02 Å². The van der Waals surface area contributed by atoms with Crippen LogP contribution in [0.4, 0.5) is 5.69 Å². The molecule has 0 aliphatic rings. The molecule has 0 aliphatic carbocycles. The quantitative estimate of drug-likeness (QED) is 0.694. The molecule has 0 N–H and O–H groups in total. The van der Waals surface area contributed by atoms with Gasteiger partial charge in [-0.05, 0) is 64.7 Å². The van der Waals surface area contributed by atoms with Gasteiger partial charge in [0.15, 0.2) is 0 Å². The maximum atomic E-state index is 12.6. The van der Waals surface area contributed by atoms with E-state index in [4.69, 9.17) is 11.6 Å². The van der Waals surface area contributed by atoms with Gasteiger partial charge in [0, 0.05) is 16.4 Å². The van der Waals surface area contributed by atoms with Crippen LogP contribution in [0.1, 0.15) is 0 Å². The highest BCUT2D eigenvalue weighted by Crippen LogP contribution is 2.30. The first-order valence-corrected chi connectivity index (χ1v) is 9.78. The van der Waals surface area contributed by atoms with Crippen molar-refractivity contribution in [1.82, 2.24) is 0 Å². The highest BCUT2D eigenvalue weighted by atomic mass is 79.9. The Morgan fingerprint density at radius 2 is 1.76 bits per heavy atom. The van der Waals surface area contributed by atoms with Crippen LogP contribution in [0, 0.1) is 0 Å². The summed E-state index contributed by atoms with van der Waals surface area (Å²) in [5, 5.41) is 0.465. The molecule has 0 unspecified atom stereocenters. The second-order valence-corrected chi connectivity index (χ2v) is 8.36. The number of benzene rings is 2. The van der Waals surface area contributed by atoms with E-state index in [9.17, 15) is 8.42 Å². The fraction of sp³-hybridized carbons (Fsp3) is 0.143. The molecule has 0 aromatic heterocycles. The predicted molar refractivity (Wildman–Crippen MR) is 93.0 cm³/mol. The Labute approximate surface area is 142 Å². The fourth-order valence-electron chi connectivity index (χ4n) is 1.73. The van der Waals surface area contributed by atoms with Gasteiger partial charge in [0.2, 0.25) is 0 Å². The smallest absolute Gasteiger partial charge is 0.264 e. The van der Waals surface area contributed by atoms with Gasteiger partial charge in [0.25, 0.3) is 10.0 Å². The topological polar surface area (TPSA) is 37.4 Å². The molecule has 3 nitrogen and oxygen atoms in total. The first-order chi connectivity index (χ1) is 9.86. The molecule has 21 heavy (non-hydrogen) atoms. The molecule has 0 bridgehead atoms. The lowest BCUT2D eigenvalue weighted by atomic mass is 10.3. The molecule has 7 heteroatoms. The third-order valence-electron chi connectivity index (χ3n) is 2.98. The molecule has 0 saturated carbocycles. The summed E-state index contributed by atoms with van der Waals surface area (Å²) in [6, 6.07) is 11.8. The van der Waals surface area contributed by atoms with Crippen molar-refractivity contribution in [2.75, 3.05) is 17.6 Å². The molecule has 0 spiro atoms. The van der Waals surface area contributed by atoms with E-state index in [-0.39, 0.29) is 4.90 Å². The summed E-state index contributed by atoms with van der Waals surface area (Å²) in [5.41, 5.74) is 0.511. The minimum Gasteiger partial charge on any atom is -0.269 e. The van der Waals surface area contributed by atoms with Crippen LogP contribution in [-0.4, -0.2) is 21.7 Å². The third-order valence-corrected chi connectivity index (χ3v) is 6.76. The van der Waals surface area contributed by atoms with Gasteiger partial charge in [0.1, 0.15) is 0 Å². The minimum absolute atomic E-state index is 0.252. The molecule has 0 atom stereocenters. The van der Waals surface area contributed by atoms with Crippen LogP contribution < -0.4 is 4.31 Å². The third kappa shape index (κ3) is 3.56. The molecule has 0 amide bonds. The number of hydrogen-bond donors (Lipinski definition) is 0. The Balaban J connectivity index is 2.39. The molecule has 2 aromatic carbocycles. The zero-order valence-corrected chi connectivity index (χ0v) is 15.4. The minimum atomic E-state index is -3.60. The summed E-state index contributed by atoms with van der Waals surface area (Å²) in [4.78, 5) is 1.27. The van der Waals surface area contributed by atoms with Crippen LogP contribution in [0.15, 0.2) is 56.7 Å². The Hall–Kier alpha value is -0.690. The van der Waals surface area contributed by atoms with E-state index in [1.165, 1.54) is 11.4 Å². The number of hydrogen-bond acceptors (Lipinski definition) is 3. The molecular formula is C14H13BrClNO2S2. The summed E-state index contributed by atoms with van der Waals surface area (Å²) in [6.45, 7) is 0. The zero-order chi connectivity index (χ0) is 15.6. The maximum Gasteiger partial charge on any atom is 0.264 e. The lowest BCUT2D eigenvalue weighted by Crippen LogP contribution is -2.26. The maximum absolute atomic E-state index is 12.6. The predicted octanol–water partition coefficient (Wildman–Crippen LogP) is 4.65. The van der Waals surface area contributed by atoms with Crippen LogP contribution in [0.3, 0.4) is 0 Å². The van der Waals surface area contributed by atoms with Crippen molar-refractivity contribution in [3.8, 4) is 0 Å². The van der Waals surface area contributed by atoms with Crippen LogP contribution >= 0.6 is 39.3 Å². The monoisotopic (exact) mass is 405 g/mol. The number of thioether (sulfide) groups is 1. The number of sulfonamides is 1. The Morgan fingerprint density at radius 3 is 2.29 bits per heavy atom. The Morgan fingerprint density at radius 1 is 1.14 bits per heavy atom. The molecular weight excluding hydrogens is 394 g/mol. The fourth-order valence-corrected chi connectivity index (χ4v) is 3.74. The van der Waals surface area contributed by atoms with E-state index in [0.717, 1.165) is 9.37 Å². The van der Waals surface area contributed by atoms with Gasteiger partial charge < -0.3 is 0 Å². The van der Waals surface area contributed by atoms with Gasteiger partial charge in [-0.15, -0.1) is 11.8 Å². The van der Waals surface area contributed by atoms with Gasteiger partial charge in [-0.3, -0.25) is 4.31 Å². The summed E-state index contributed by atoms with van der Waals surface area (Å²) in [6.07, 6.45) is 1.94. The lowest BCUT2D eigenvalue weighted by molar-refractivity contribution is 0.594. The lowest BCUT2D eigenvalue weighted by Gasteiger charge is -2.20. The van der Waals surface area contributed by atoms with Crippen LogP contribution in [0.5, 0.6) is 0 Å². The standard InChI is InChI=1S/C14H13BrClNO2S2/c1-17(10-3-8-13(15)14(16)9-10)21(18,19)12-6-4-11(20-2)5-7-12/h3-9H,1-2H3. The molecule has 2 rings (SSSR count). The van der Waals surface area contributed by atoms with Crippen molar-refractivity contribution in [3.05, 3.63) is 52.0 Å². The van der Waals surface area contributed by atoms with Gasteiger partial charge in [-0.1, -0.05) is 11.6 Å². The van der Waals surface area contributed by atoms with E-state index in [0.29, 0.717) is 10.7 Å². The molecule has 0 saturated heterocycles. The summed E-state index contributed by atoms with van der Waals surface area (Å²) in [7, 11) is -2.09. The SMILES string of the molecule is CSc1ccc(S(=O)(=O)N(C)c2ccc(Br)c(Cl)c2)cc1. The Kier molecular flexibility index (Phi) is 5.24. The van der Waals surface area contributed by atoms with Crippen LogP contribution in [0.25, 0.3) is 0 Å². The van der Waals surface area contributed by atoms with Crippen molar-refractivity contribution in [1.29, 1.82) is 0 Å². The molecule has 0 aliphatic heterocycles. The van der Waals surface area contributed by atoms with Gasteiger partial charge in [0.05, 0.1) is 15.6 Å². The number of nitrogens with zero attached hydrogens (tertiary/aromatic N) is 1. The van der Waals surface area contributed by atoms with E-state index in [2.05, 4.69) is 15.9 Å². The molecule has 0 radical (unpaired) electrons. The summed E-state index contributed by atoms with van der Waals surface area (Å²) < 4.78 is 27.1. The molecule has 0 fully saturated rings. The zero-order valence-electron chi connectivity index (χ0n) is 11.4. The van der Waals surface area contributed by atoms with Gasteiger partial charge in [-0.2, -0.15) is 0 Å². The Bertz CT molecular complexity index is 748. The highest BCUT2D eigenvalue weighted by Gasteiger charge is 2.21. The summed E-state index contributed by atoms with van der Waals surface area (Å²) >= 11 is 10.9. The van der Waals surface area contributed by atoms with E-state index in [1.807, 2.05) is 6.26 Å². The van der Waals surface area contributed by atoms with Gasteiger partial charge >= 0.3 is 0 Å². The first kappa shape index (κ1) is 16.7. The molecule has 112 valence electrons. The normalized spacial score (nSPS) is 11.4.